The lowest BCUT2D eigenvalue weighted by Crippen LogP contribution is -2.41. The average Bonchev–Trinajstić information content (AvgIpc) is 3.05. The molecule has 1 fully saturated rings. The van der Waals surface area contributed by atoms with E-state index in [0.29, 0.717) is 5.69 Å². The first-order valence-electron chi connectivity index (χ1n) is 6.87. The summed E-state index contributed by atoms with van der Waals surface area (Å²) in [5.74, 6) is -3.70. The fraction of sp³-hybridized carbons (Fsp3) is 0.267. The summed E-state index contributed by atoms with van der Waals surface area (Å²) in [6.45, 7) is 1.21. The predicted molar refractivity (Wildman–Crippen MR) is 78.2 cm³/mol. The molecule has 1 aromatic carbocycles. The molecule has 2 aliphatic heterocycles. The van der Waals surface area contributed by atoms with E-state index in [-0.39, 0.29) is 5.71 Å². The van der Waals surface area contributed by atoms with Crippen LogP contribution in [0.15, 0.2) is 35.4 Å². The molecule has 2 aliphatic rings. The second-order valence-electron chi connectivity index (χ2n) is 5.11. The summed E-state index contributed by atoms with van der Waals surface area (Å²) in [5.41, 5.74) is 0.147. The first-order valence-corrected chi connectivity index (χ1v) is 6.87. The Balaban J connectivity index is 2.07. The Hall–Kier alpha value is -3.03. The topological polar surface area (TPSA) is 96.3 Å². The number of ether oxygens (including phenoxy) is 1. The molecule has 2 atom stereocenters. The van der Waals surface area contributed by atoms with E-state index in [0.717, 1.165) is 17.0 Å². The zero-order valence-corrected chi connectivity index (χ0v) is 12.4. The van der Waals surface area contributed by atoms with Crippen molar-refractivity contribution in [2.24, 2.45) is 11.0 Å². The molecule has 8 heteroatoms. The quantitative estimate of drug-likeness (QED) is 0.562. The first-order chi connectivity index (χ1) is 11.0. The van der Waals surface area contributed by atoms with Crippen LogP contribution in [0.3, 0.4) is 0 Å². The summed E-state index contributed by atoms with van der Waals surface area (Å²) in [6, 6.07) is 7.17. The lowest BCUT2D eigenvalue weighted by atomic mass is 9.98. The van der Waals surface area contributed by atoms with Gasteiger partial charge in [-0.2, -0.15) is 5.10 Å². The molecule has 118 valence electrons. The van der Waals surface area contributed by atoms with Crippen LogP contribution in [0.2, 0.25) is 0 Å². The lowest BCUT2D eigenvalue weighted by Gasteiger charge is -2.19. The number of para-hydroxylation sites is 1. The van der Waals surface area contributed by atoms with Crippen molar-refractivity contribution in [1.82, 2.24) is 5.01 Å². The number of hydrogen-bond acceptors (Lipinski definition) is 6. The molecule has 3 rings (SSSR count). The van der Waals surface area contributed by atoms with Gasteiger partial charge < -0.3 is 4.74 Å². The summed E-state index contributed by atoms with van der Waals surface area (Å²) in [4.78, 5) is 49.9. The largest absolute Gasteiger partial charge is 0.464 e. The summed E-state index contributed by atoms with van der Waals surface area (Å²) in [7, 11) is 1.15. The summed E-state index contributed by atoms with van der Waals surface area (Å²) in [6.07, 6.45) is 0. The number of imide groups is 1. The molecule has 1 saturated heterocycles. The van der Waals surface area contributed by atoms with Gasteiger partial charge in [0.25, 0.3) is 5.91 Å². The first kappa shape index (κ1) is 14.9. The van der Waals surface area contributed by atoms with Crippen LogP contribution in [-0.2, 0) is 23.9 Å². The zero-order chi connectivity index (χ0) is 16.7. The lowest BCUT2D eigenvalue weighted by molar-refractivity contribution is -0.136. The van der Waals surface area contributed by atoms with E-state index in [4.69, 9.17) is 0 Å². The number of nitrogens with zero attached hydrogens (tertiary/aromatic N) is 3. The molecular formula is C15H13N3O5. The van der Waals surface area contributed by atoms with Crippen LogP contribution >= 0.6 is 0 Å². The normalized spacial score (nSPS) is 23.0. The molecule has 23 heavy (non-hydrogen) atoms. The van der Waals surface area contributed by atoms with Crippen molar-refractivity contribution in [3.63, 3.8) is 0 Å². The monoisotopic (exact) mass is 315 g/mol. The molecule has 2 heterocycles. The second-order valence-corrected chi connectivity index (χ2v) is 5.11. The number of rotatable bonds is 2. The van der Waals surface area contributed by atoms with Crippen molar-refractivity contribution in [3.05, 3.63) is 30.3 Å². The number of carbonyl (C=O) groups excluding carboxylic acids is 4. The van der Waals surface area contributed by atoms with Crippen LogP contribution in [0.5, 0.6) is 0 Å². The number of anilines is 1. The summed E-state index contributed by atoms with van der Waals surface area (Å²) < 4.78 is 4.61. The number of methoxy groups -OCH3 is 1. The highest BCUT2D eigenvalue weighted by Gasteiger charge is 2.59. The Morgan fingerprint density at radius 1 is 1.13 bits per heavy atom. The van der Waals surface area contributed by atoms with Gasteiger partial charge in [0.05, 0.1) is 12.8 Å². The number of hydrazone groups is 1. The third kappa shape index (κ3) is 2.10. The van der Waals surface area contributed by atoms with Crippen LogP contribution in [0.4, 0.5) is 5.69 Å². The van der Waals surface area contributed by atoms with Gasteiger partial charge in [-0.15, -0.1) is 0 Å². The van der Waals surface area contributed by atoms with Gasteiger partial charge in [0, 0.05) is 6.92 Å². The Labute approximate surface area is 131 Å². The van der Waals surface area contributed by atoms with E-state index in [1.807, 2.05) is 0 Å². The predicted octanol–water partition coefficient (Wildman–Crippen LogP) is -0.0643. The Kier molecular flexibility index (Phi) is 3.44. The van der Waals surface area contributed by atoms with Crippen molar-refractivity contribution in [3.8, 4) is 0 Å². The summed E-state index contributed by atoms with van der Waals surface area (Å²) >= 11 is 0. The number of hydrogen-bond donors (Lipinski definition) is 0. The minimum absolute atomic E-state index is 0.232. The highest BCUT2D eigenvalue weighted by molar-refractivity contribution is 6.46. The molecule has 1 aromatic rings. The summed E-state index contributed by atoms with van der Waals surface area (Å²) in [5, 5.41) is 4.70. The minimum Gasteiger partial charge on any atom is -0.464 e. The smallest absolute Gasteiger partial charge is 0.355 e. The van der Waals surface area contributed by atoms with E-state index < -0.39 is 35.7 Å². The SMILES string of the molecule is COC(=O)C1=NN(C(C)=O)[C@@H]2C(=O)N(c3ccccc3)C(=O)[C@@H]12. The van der Waals surface area contributed by atoms with Crippen LogP contribution in [-0.4, -0.2) is 47.6 Å². The standard InChI is InChI=1S/C15H13N3O5/c1-8(19)18-12-10(11(16-18)15(22)23-2)13(20)17(14(12)21)9-6-4-3-5-7-9/h3-7,10,12H,1-2H3/t10-,12-/m0/s1. The molecular weight excluding hydrogens is 302 g/mol. The van der Waals surface area contributed by atoms with Gasteiger partial charge in [0.2, 0.25) is 11.8 Å². The fourth-order valence-electron chi connectivity index (χ4n) is 2.78. The molecule has 3 amide bonds. The number of benzene rings is 1. The van der Waals surface area contributed by atoms with Crippen molar-refractivity contribution in [2.45, 2.75) is 13.0 Å². The molecule has 0 bridgehead atoms. The molecule has 0 aliphatic carbocycles. The highest BCUT2D eigenvalue weighted by atomic mass is 16.5. The maximum Gasteiger partial charge on any atom is 0.355 e. The highest BCUT2D eigenvalue weighted by Crippen LogP contribution is 2.35. The van der Waals surface area contributed by atoms with Gasteiger partial charge in [0.15, 0.2) is 11.8 Å². The van der Waals surface area contributed by atoms with Gasteiger partial charge in [-0.05, 0) is 12.1 Å². The number of esters is 1. The molecule has 0 N–H and O–H groups in total. The van der Waals surface area contributed by atoms with Gasteiger partial charge in [-0.1, -0.05) is 18.2 Å². The number of carbonyl (C=O) groups is 4. The Morgan fingerprint density at radius 3 is 2.35 bits per heavy atom. The maximum absolute atomic E-state index is 12.7. The molecule has 8 nitrogen and oxygen atoms in total. The van der Waals surface area contributed by atoms with E-state index in [1.54, 1.807) is 30.3 Å². The molecule has 0 spiro atoms. The molecule has 0 unspecified atom stereocenters. The van der Waals surface area contributed by atoms with Gasteiger partial charge in [-0.3, -0.25) is 14.4 Å². The Bertz CT molecular complexity index is 743. The van der Waals surface area contributed by atoms with Gasteiger partial charge in [0.1, 0.15) is 5.92 Å². The number of amides is 3. The van der Waals surface area contributed by atoms with Crippen LogP contribution in [0.25, 0.3) is 0 Å². The van der Waals surface area contributed by atoms with Crippen LogP contribution < -0.4 is 4.90 Å². The van der Waals surface area contributed by atoms with Crippen molar-refractivity contribution < 1.29 is 23.9 Å². The van der Waals surface area contributed by atoms with Crippen molar-refractivity contribution in [2.75, 3.05) is 12.0 Å². The maximum atomic E-state index is 12.7. The number of fused-ring (bicyclic) bond motifs is 1. The fourth-order valence-corrected chi connectivity index (χ4v) is 2.78. The van der Waals surface area contributed by atoms with Crippen molar-refractivity contribution in [1.29, 1.82) is 0 Å². The average molecular weight is 315 g/mol. The molecule has 0 saturated carbocycles. The van der Waals surface area contributed by atoms with E-state index in [1.165, 1.54) is 6.92 Å². The van der Waals surface area contributed by atoms with Crippen LogP contribution in [0, 0.1) is 5.92 Å². The third-order valence-corrected chi connectivity index (χ3v) is 3.78. The van der Waals surface area contributed by atoms with Crippen molar-refractivity contribution >= 4 is 35.1 Å². The molecule has 0 radical (unpaired) electrons. The second kappa shape index (κ2) is 5.31. The van der Waals surface area contributed by atoms with E-state index in [2.05, 4.69) is 9.84 Å². The van der Waals surface area contributed by atoms with Gasteiger partial charge >= 0.3 is 5.97 Å². The van der Waals surface area contributed by atoms with Gasteiger partial charge in [-0.25, -0.2) is 14.7 Å². The van der Waals surface area contributed by atoms with Crippen LogP contribution in [0.1, 0.15) is 6.92 Å². The van der Waals surface area contributed by atoms with E-state index in [9.17, 15) is 19.2 Å². The Morgan fingerprint density at radius 2 is 1.78 bits per heavy atom. The molecule has 0 aromatic heterocycles. The third-order valence-electron chi connectivity index (χ3n) is 3.78. The minimum atomic E-state index is -1.14. The zero-order valence-electron chi connectivity index (χ0n) is 12.4. The van der Waals surface area contributed by atoms with E-state index >= 15 is 0 Å².